The fourth-order valence-corrected chi connectivity index (χ4v) is 1.73. The van der Waals surface area contributed by atoms with E-state index in [9.17, 15) is 8.78 Å². The van der Waals surface area contributed by atoms with Gasteiger partial charge < -0.3 is 0 Å². The Morgan fingerprint density at radius 3 is 2.40 bits per heavy atom. The molecule has 0 aliphatic heterocycles. The molecule has 0 saturated carbocycles. The number of alkyl halides is 2. The van der Waals surface area contributed by atoms with Crippen LogP contribution >= 0.6 is 11.8 Å². The highest BCUT2D eigenvalue weighted by Gasteiger charge is 2.05. The first kappa shape index (κ1) is 12.0. The van der Waals surface area contributed by atoms with E-state index in [1.54, 1.807) is 19.1 Å². The summed E-state index contributed by atoms with van der Waals surface area (Å²) in [5, 5.41) is 8.68. The Morgan fingerprint density at radius 1 is 1.33 bits per heavy atom. The zero-order chi connectivity index (χ0) is 11.3. The number of hydrogen-bond acceptors (Lipinski definition) is 2. The topological polar surface area (TPSA) is 23.8 Å². The first-order valence-corrected chi connectivity index (χ1v) is 5.52. The number of nitrogens with zero attached hydrogens (tertiary/aromatic N) is 1. The van der Waals surface area contributed by atoms with Crippen molar-refractivity contribution >= 4 is 11.8 Å². The molecule has 1 rings (SSSR count). The van der Waals surface area contributed by atoms with Crippen LogP contribution in [0.5, 0.6) is 0 Å². The summed E-state index contributed by atoms with van der Waals surface area (Å²) in [4.78, 5) is 0.809. The van der Waals surface area contributed by atoms with Crippen LogP contribution in [0.2, 0.25) is 0 Å². The summed E-state index contributed by atoms with van der Waals surface area (Å²) in [5.41, 5.74) is 0.916. The SMILES string of the molecule is CC(C#N)c1ccc(SCC(F)F)cc1. The van der Waals surface area contributed by atoms with Crippen LogP contribution in [0.4, 0.5) is 8.78 Å². The molecule has 0 aliphatic carbocycles. The van der Waals surface area contributed by atoms with E-state index in [0.29, 0.717) is 0 Å². The summed E-state index contributed by atoms with van der Waals surface area (Å²) in [7, 11) is 0. The van der Waals surface area contributed by atoms with Crippen molar-refractivity contribution in [2.24, 2.45) is 0 Å². The molecule has 1 nitrogen and oxygen atoms in total. The molecule has 1 atom stereocenters. The van der Waals surface area contributed by atoms with E-state index in [1.807, 2.05) is 12.1 Å². The number of rotatable bonds is 4. The van der Waals surface area contributed by atoms with Crippen molar-refractivity contribution in [3.63, 3.8) is 0 Å². The molecule has 0 N–H and O–H groups in total. The molecular formula is C11H11F2NS. The third-order valence-corrected chi connectivity index (χ3v) is 2.97. The minimum atomic E-state index is -2.28. The Balaban J connectivity index is 2.61. The molecule has 80 valence electrons. The maximum atomic E-state index is 11.9. The average Bonchev–Trinajstić information content (AvgIpc) is 2.26. The van der Waals surface area contributed by atoms with E-state index >= 15 is 0 Å². The predicted molar refractivity (Wildman–Crippen MR) is 57.2 cm³/mol. The fraction of sp³-hybridized carbons (Fsp3) is 0.364. The van der Waals surface area contributed by atoms with Crippen molar-refractivity contribution in [2.75, 3.05) is 5.75 Å². The van der Waals surface area contributed by atoms with Gasteiger partial charge in [0.2, 0.25) is 6.43 Å². The van der Waals surface area contributed by atoms with E-state index in [1.165, 1.54) is 0 Å². The van der Waals surface area contributed by atoms with Gasteiger partial charge in [0.1, 0.15) is 0 Å². The van der Waals surface area contributed by atoms with Crippen LogP contribution in [-0.2, 0) is 0 Å². The molecule has 0 bridgehead atoms. The Morgan fingerprint density at radius 2 is 1.93 bits per heavy atom. The molecule has 0 radical (unpaired) electrons. The zero-order valence-electron chi connectivity index (χ0n) is 8.28. The van der Waals surface area contributed by atoms with Crippen LogP contribution in [0.15, 0.2) is 29.2 Å². The minimum Gasteiger partial charge on any atom is -0.210 e. The second-order valence-electron chi connectivity index (χ2n) is 3.12. The summed E-state index contributed by atoms with van der Waals surface area (Å²) < 4.78 is 23.8. The maximum Gasteiger partial charge on any atom is 0.247 e. The minimum absolute atomic E-state index is 0.154. The van der Waals surface area contributed by atoms with Crippen molar-refractivity contribution in [3.8, 4) is 6.07 Å². The van der Waals surface area contributed by atoms with Crippen LogP contribution in [-0.4, -0.2) is 12.2 Å². The summed E-state index contributed by atoms with van der Waals surface area (Å²) in [5.74, 6) is -0.341. The molecule has 0 aromatic heterocycles. The second kappa shape index (κ2) is 5.72. The summed E-state index contributed by atoms with van der Waals surface area (Å²) in [6, 6.07) is 9.29. The summed E-state index contributed by atoms with van der Waals surface area (Å²) in [6.07, 6.45) is -2.28. The molecule has 15 heavy (non-hydrogen) atoms. The predicted octanol–water partition coefficient (Wildman–Crippen LogP) is 3.67. The Hall–Kier alpha value is -1.08. The van der Waals surface area contributed by atoms with Gasteiger partial charge >= 0.3 is 0 Å². The highest BCUT2D eigenvalue weighted by Crippen LogP contribution is 2.22. The van der Waals surface area contributed by atoms with E-state index in [2.05, 4.69) is 6.07 Å². The van der Waals surface area contributed by atoms with E-state index in [0.717, 1.165) is 22.2 Å². The third-order valence-electron chi connectivity index (χ3n) is 1.95. The van der Waals surface area contributed by atoms with Crippen molar-refractivity contribution < 1.29 is 8.78 Å². The smallest absolute Gasteiger partial charge is 0.210 e. The molecule has 0 aliphatic rings. The molecule has 0 spiro atoms. The van der Waals surface area contributed by atoms with Gasteiger partial charge in [-0.2, -0.15) is 5.26 Å². The highest BCUT2D eigenvalue weighted by molar-refractivity contribution is 7.99. The standard InChI is InChI=1S/C11H11F2NS/c1-8(6-14)9-2-4-10(5-3-9)15-7-11(12)13/h2-5,8,11H,7H2,1H3. The van der Waals surface area contributed by atoms with Crippen LogP contribution in [0.25, 0.3) is 0 Å². The lowest BCUT2D eigenvalue weighted by atomic mass is 10.0. The second-order valence-corrected chi connectivity index (χ2v) is 4.22. The normalized spacial score (nSPS) is 12.5. The van der Waals surface area contributed by atoms with Crippen molar-refractivity contribution in [2.45, 2.75) is 24.2 Å². The lowest BCUT2D eigenvalue weighted by molar-refractivity contribution is 0.177. The van der Waals surface area contributed by atoms with Gasteiger partial charge in [-0.05, 0) is 24.6 Å². The Bertz CT molecular complexity index is 343. The maximum absolute atomic E-state index is 11.9. The van der Waals surface area contributed by atoms with Crippen molar-refractivity contribution in [1.29, 1.82) is 5.26 Å². The van der Waals surface area contributed by atoms with Crippen LogP contribution in [0, 0.1) is 11.3 Å². The highest BCUT2D eigenvalue weighted by atomic mass is 32.2. The van der Waals surface area contributed by atoms with Gasteiger partial charge in [-0.15, -0.1) is 11.8 Å². The van der Waals surface area contributed by atoms with Crippen molar-refractivity contribution in [3.05, 3.63) is 29.8 Å². The third kappa shape index (κ3) is 3.88. The number of benzene rings is 1. The molecule has 1 unspecified atom stereocenters. The molecular weight excluding hydrogens is 216 g/mol. The van der Waals surface area contributed by atoms with E-state index in [-0.39, 0.29) is 11.7 Å². The first-order chi connectivity index (χ1) is 7.13. The average molecular weight is 227 g/mol. The van der Waals surface area contributed by atoms with E-state index in [4.69, 9.17) is 5.26 Å². The number of nitriles is 1. The number of hydrogen-bond donors (Lipinski definition) is 0. The largest absolute Gasteiger partial charge is 0.247 e. The van der Waals surface area contributed by atoms with Gasteiger partial charge in [-0.25, -0.2) is 8.78 Å². The van der Waals surface area contributed by atoms with Crippen LogP contribution < -0.4 is 0 Å². The van der Waals surface area contributed by atoms with Gasteiger partial charge in [0, 0.05) is 4.90 Å². The van der Waals surface area contributed by atoms with Crippen LogP contribution in [0.1, 0.15) is 18.4 Å². The van der Waals surface area contributed by atoms with Crippen molar-refractivity contribution in [1.82, 2.24) is 0 Å². The summed E-state index contributed by atoms with van der Waals surface area (Å²) >= 11 is 1.12. The lowest BCUT2D eigenvalue weighted by Gasteiger charge is -2.04. The molecule has 1 aromatic carbocycles. The quantitative estimate of drug-likeness (QED) is 0.733. The first-order valence-electron chi connectivity index (χ1n) is 4.54. The van der Waals surface area contributed by atoms with Gasteiger partial charge in [-0.3, -0.25) is 0 Å². The number of thioether (sulfide) groups is 1. The number of halogens is 2. The van der Waals surface area contributed by atoms with Crippen LogP contribution in [0.3, 0.4) is 0 Å². The molecule has 0 heterocycles. The Kier molecular flexibility index (Phi) is 4.57. The molecule has 0 saturated heterocycles. The molecule has 4 heteroatoms. The lowest BCUT2D eigenvalue weighted by Crippen LogP contribution is -1.93. The monoisotopic (exact) mass is 227 g/mol. The fourth-order valence-electron chi connectivity index (χ4n) is 1.09. The zero-order valence-corrected chi connectivity index (χ0v) is 9.10. The van der Waals surface area contributed by atoms with E-state index < -0.39 is 6.43 Å². The summed E-state index contributed by atoms with van der Waals surface area (Å²) in [6.45, 7) is 1.81. The Labute approximate surface area is 92.1 Å². The molecule has 1 aromatic rings. The van der Waals surface area contributed by atoms with Gasteiger partial charge in [0.05, 0.1) is 17.7 Å². The van der Waals surface area contributed by atoms with Gasteiger partial charge in [-0.1, -0.05) is 12.1 Å². The molecule has 0 fully saturated rings. The van der Waals surface area contributed by atoms with Gasteiger partial charge in [0.15, 0.2) is 0 Å². The van der Waals surface area contributed by atoms with Gasteiger partial charge in [0.25, 0.3) is 0 Å². The molecule has 0 amide bonds.